The SMILES string of the molecule is CSCCCNC(C)c1cc2c(s1)CCC2. The van der Waals surface area contributed by atoms with Crippen LogP contribution in [0.15, 0.2) is 6.07 Å². The first kappa shape index (κ1) is 12.5. The smallest absolute Gasteiger partial charge is 0.0386 e. The number of rotatable bonds is 6. The number of thiophene rings is 1. The van der Waals surface area contributed by atoms with Crippen molar-refractivity contribution in [3.63, 3.8) is 0 Å². The lowest BCUT2D eigenvalue weighted by molar-refractivity contribution is 0.580. The molecule has 1 aromatic rings. The molecule has 0 saturated carbocycles. The van der Waals surface area contributed by atoms with E-state index in [4.69, 9.17) is 0 Å². The third-order valence-corrected chi connectivity index (χ3v) is 5.28. The molecule has 0 aliphatic heterocycles. The zero-order valence-electron chi connectivity index (χ0n) is 10.2. The van der Waals surface area contributed by atoms with Gasteiger partial charge in [0.1, 0.15) is 0 Å². The highest BCUT2D eigenvalue weighted by atomic mass is 32.2. The largest absolute Gasteiger partial charge is 0.309 e. The van der Waals surface area contributed by atoms with Crippen molar-refractivity contribution in [1.82, 2.24) is 5.32 Å². The molecule has 0 aromatic carbocycles. The second-order valence-electron chi connectivity index (χ2n) is 4.47. The van der Waals surface area contributed by atoms with Gasteiger partial charge in [0.25, 0.3) is 0 Å². The van der Waals surface area contributed by atoms with Gasteiger partial charge >= 0.3 is 0 Å². The Bertz CT molecular complexity index is 311. The number of fused-ring (bicyclic) bond motifs is 1. The molecule has 0 amide bonds. The van der Waals surface area contributed by atoms with Gasteiger partial charge in [-0.1, -0.05) is 0 Å². The molecule has 0 bridgehead atoms. The van der Waals surface area contributed by atoms with Gasteiger partial charge in [0.05, 0.1) is 0 Å². The van der Waals surface area contributed by atoms with Crippen molar-refractivity contribution in [2.45, 2.75) is 38.6 Å². The third-order valence-electron chi connectivity index (χ3n) is 3.17. The van der Waals surface area contributed by atoms with Gasteiger partial charge in [0, 0.05) is 15.8 Å². The number of thioether (sulfide) groups is 1. The fourth-order valence-electron chi connectivity index (χ4n) is 2.20. The van der Waals surface area contributed by atoms with Crippen LogP contribution in [0.4, 0.5) is 0 Å². The van der Waals surface area contributed by atoms with Crippen molar-refractivity contribution >= 4 is 23.1 Å². The van der Waals surface area contributed by atoms with Crippen molar-refractivity contribution in [2.24, 2.45) is 0 Å². The van der Waals surface area contributed by atoms with Crippen LogP contribution in [0.5, 0.6) is 0 Å². The predicted octanol–water partition coefficient (Wildman–Crippen LogP) is 3.64. The van der Waals surface area contributed by atoms with Gasteiger partial charge in [-0.2, -0.15) is 11.8 Å². The second-order valence-corrected chi connectivity index (χ2v) is 6.63. The molecule has 2 rings (SSSR count). The minimum atomic E-state index is 0.539. The molecule has 1 nitrogen and oxygen atoms in total. The normalized spacial score (nSPS) is 16.4. The van der Waals surface area contributed by atoms with Crippen molar-refractivity contribution in [1.29, 1.82) is 0 Å². The zero-order chi connectivity index (χ0) is 11.4. The van der Waals surface area contributed by atoms with E-state index in [1.54, 1.807) is 10.4 Å². The van der Waals surface area contributed by atoms with Crippen molar-refractivity contribution in [2.75, 3.05) is 18.6 Å². The van der Waals surface area contributed by atoms with Gasteiger partial charge < -0.3 is 5.32 Å². The average molecular weight is 255 g/mol. The van der Waals surface area contributed by atoms with Crippen LogP contribution in [0.3, 0.4) is 0 Å². The second kappa shape index (κ2) is 6.08. The van der Waals surface area contributed by atoms with E-state index in [9.17, 15) is 0 Å². The van der Waals surface area contributed by atoms with E-state index >= 15 is 0 Å². The molecular formula is C13H21NS2. The Labute approximate surface area is 107 Å². The number of hydrogen-bond donors (Lipinski definition) is 1. The van der Waals surface area contributed by atoms with Gasteiger partial charge in [0.15, 0.2) is 0 Å². The lowest BCUT2D eigenvalue weighted by atomic mass is 10.2. The first-order valence-electron chi connectivity index (χ1n) is 6.15. The Morgan fingerprint density at radius 1 is 1.50 bits per heavy atom. The summed E-state index contributed by atoms with van der Waals surface area (Å²) < 4.78 is 0. The summed E-state index contributed by atoms with van der Waals surface area (Å²) in [5.41, 5.74) is 1.62. The Balaban J connectivity index is 1.81. The van der Waals surface area contributed by atoms with Gasteiger partial charge in [-0.15, -0.1) is 11.3 Å². The zero-order valence-corrected chi connectivity index (χ0v) is 11.8. The first-order chi connectivity index (χ1) is 7.81. The summed E-state index contributed by atoms with van der Waals surface area (Å²) in [6.07, 6.45) is 7.45. The van der Waals surface area contributed by atoms with Crippen LogP contribution in [-0.4, -0.2) is 18.6 Å². The third kappa shape index (κ3) is 3.02. The van der Waals surface area contributed by atoms with Crippen LogP contribution in [0, 0.1) is 0 Å². The fraction of sp³-hybridized carbons (Fsp3) is 0.692. The van der Waals surface area contributed by atoms with Crippen LogP contribution < -0.4 is 5.32 Å². The molecule has 90 valence electrons. The molecule has 0 fully saturated rings. The highest BCUT2D eigenvalue weighted by molar-refractivity contribution is 7.98. The minimum absolute atomic E-state index is 0.539. The molecule has 3 heteroatoms. The van der Waals surface area contributed by atoms with E-state index in [1.165, 1.54) is 36.3 Å². The molecule has 0 radical (unpaired) electrons. The average Bonchev–Trinajstić information content (AvgIpc) is 2.83. The highest BCUT2D eigenvalue weighted by Crippen LogP contribution is 2.33. The molecule has 0 spiro atoms. The Kier molecular flexibility index (Phi) is 4.74. The highest BCUT2D eigenvalue weighted by Gasteiger charge is 2.17. The molecule has 1 unspecified atom stereocenters. The Morgan fingerprint density at radius 3 is 3.12 bits per heavy atom. The van der Waals surface area contributed by atoms with Crippen LogP contribution in [0.2, 0.25) is 0 Å². The maximum atomic E-state index is 3.62. The summed E-state index contributed by atoms with van der Waals surface area (Å²) >= 11 is 3.96. The fourth-order valence-corrected chi connectivity index (χ4v) is 3.92. The molecule has 1 atom stereocenters. The van der Waals surface area contributed by atoms with E-state index in [2.05, 4.69) is 24.6 Å². The Morgan fingerprint density at radius 2 is 2.38 bits per heavy atom. The minimum Gasteiger partial charge on any atom is -0.309 e. The van der Waals surface area contributed by atoms with Crippen LogP contribution in [-0.2, 0) is 12.8 Å². The number of hydrogen-bond acceptors (Lipinski definition) is 3. The molecule has 1 heterocycles. The molecule has 1 N–H and O–H groups in total. The van der Waals surface area contributed by atoms with E-state index in [1.807, 2.05) is 23.1 Å². The van der Waals surface area contributed by atoms with Gasteiger partial charge in [-0.3, -0.25) is 0 Å². The van der Waals surface area contributed by atoms with Gasteiger partial charge in [-0.05, 0) is 62.8 Å². The molecule has 16 heavy (non-hydrogen) atoms. The summed E-state index contributed by atoms with van der Waals surface area (Å²) in [5.74, 6) is 1.26. The van der Waals surface area contributed by atoms with Crippen molar-refractivity contribution in [3.05, 3.63) is 21.4 Å². The lowest BCUT2D eigenvalue weighted by Gasteiger charge is -2.11. The van der Waals surface area contributed by atoms with Gasteiger partial charge in [-0.25, -0.2) is 0 Å². The predicted molar refractivity (Wildman–Crippen MR) is 75.8 cm³/mol. The molecule has 1 aliphatic rings. The van der Waals surface area contributed by atoms with E-state index in [0.717, 1.165) is 6.54 Å². The van der Waals surface area contributed by atoms with E-state index in [0.29, 0.717) is 6.04 Å². The lowest BCUT2D eigenvalue weighted by Crippen LogP contribution is -2.19. The summed E-state index contributed by atoms with van der Waals surface area (Å²) in [4.78, 5) is 3.18. The summed E-state index contributed by atoms with van der Waals surface area (Å²) in [6, 6.07) is 2.97. The molecule has 1 aliphatic carbocycles. The quantitative estimate of drug-likeness (QED) is 0.779. The van der Waals surface area contributed by atoms with Crippen molar-refractivity contribution in [3.8, 4) is 0 Å². The standard InChI is InChI=1S/C13H21NS2/c1-10(14-7-4-8-15-2)13-9-11-5-3-6-12(11)16-13/h9-10,14H,3-8H2,1-2H3. The summed E-state index contributed by atoms with van der Waals surface area (Å²) in [7, 11) is 0. The van der Waals surface area contributed by atoms with E-state index < -0.39 is 0 Å². The maximum Gasteiger partial charge on any atom is 0.0386 e. The van der Waals surface area contributed by atoms with Gasteiger partial charge in [0.2, 0.25) is 0 Å². The van der Waals surface area contributed by atoms with Crippen LogP contribution >= 0.6 is 23.1 Å². The summed E-state index contributed by atoms with van der Waals surface area (Å²) in [5, 5.41) is 3.62. The van der Waals surface area contributed by atoms with Crippen molar-refractivity contribution < 1.29 is 0 Å². The molecule has 0 saturated heterocycles. The first-order valence-corrected chi connectivity index (χ1v) is 8.36. The number of nitrogens with one attached hydrogen (secondary N) is 1. The van der Waals surface area contributed by atoms with E-state index in [-0.39, 0.29) is 0 Å². The number of aryl methyl sites for hydroxylation is 2. The molecular weight excluding hydrogens is 234 g/mol. The molecule has 1 aromatic heterocycles. The maximum absolute atomic E-state index is 3.62. The topological polar surface area (TPSA) is 12.0 Å². The van der Waals surface area contributed by atoms with Crippen LogP contribution in [0.1, 0.15) is 41.1 Å². The Hall–Kier alpha value is 0.01000. The monoisotopic (exact) mass is 255 g/mol. The van der Waals surface area contributed by atoms with Crippen LogP contribution in [0.25, 0.3) is 0 Å². The summed E-state index contributed by atoms with van der Waals surface area (Å²) in [6.45, 7) is 3.44.